The number of nitrogens with zero attached hydrogens (tertiary/aromatic N) is 1. The molecule has 0 unspecified atom stereocenters. The summed E-state index contributed by atoms with van der Waals surface area (Å²) in [5.41, 5.74) is 1.89. The number of halogens is 1. The van der Waals surface area contributed by atoms with Crippen LogP contribution in [-0.2, 0) is 15.1 Å². The number of urea groups is 1. The Hall–Kier alpha value is -3.22. The van der Waals surface area contributed by atoms with Crippen LogP contribution in [0.2, 0.25) is 0 Å². The fourth-order valence-corrected chi connectivity index (χ4v) is 3.31. The quantitative estimate of drug-likeness (QED) is 0.778. The molecule has 4 amide bonds. The Morgan fingerprint density at radius 2 is 1.79 bits per heavy atom. The third-order valence-corrected chi connectivity index (χ3v) is 5.14. The number of imide groups is 1. The fourth-order valence-electron chi connectivity index (χ4n) is 3.31. The second-order valence-corrected chi connectivity index (χ2v) is 6.93. The van der Waals surface area contributed by atoms with Gasteiger partial charge in [-0.2, -0.15) is 0 Å². The zero-order valence-electron chi connectivity index (χ0n) is 16.0. The molecule has 0 saturated carbocycles. The Morgan fingerprint density at radius 3 is 2.39 bits per heavy atom. The number of nitrogens with one attached hydrogen (secondary N) is 2. The molecule has 2 aromatic rings. The maximum atomic E-state index is 13.2. The van der Waals surface area contributed by atoms with Crippen LogP contribution in [0, 0.1) is 19.7 Å². The monoisotopic (exact) mass is 383 g/mol. The van der Waals surface area contributed by atoms with E-state index in [-0.39, 0.29) is 6.42 Å². The number of amides is 4. The minimum absolute atomic E-state index is 0.276. The van der Waals surface area contributed by atoms with E-state index in [1.807, 2.05) is 26.0 Å². The lowest BCUT2D eigenvalue weighted by atomic mass is 9.87. The van der Waals surface area contributed by atoms with Gasteiger partial charge in [-0.15, -0.1) is 0 Å². The third kappa shape index (κ3) is 3.47. The predicted octanol–water partition coefficient (Wildman–Crippen LogP) is 3.24. The van der Waals surface area contributed by atoms with Crippen molar-refractivity contribution in [3.8, 4) is 0 Å². The Labute approximate surface area is 162 Å². The van der Waals surface area contributed by atoms with E-state index in [4.69, 9.17) is 0 Å². The van der Waals surface area contributed by atoms with Crippen LogP contribution in [0.3, 0.4) is 0 Å². The standard InChI is InChI=1S/C21H22FN3O3/c1-4-21(15-6-8-16(22)9-7-15)19(27)25(20(28)24-21)12-18(26)23-17-10-5-13(2)14(3)11-17/h5-11H,4,12H2,1-3H3,(H,23,26)(H,24,28)/t21-/m1/s1. The van der Waals surface area contributed by atoms with Crippen LogP contribution in [0.5, 0.6) is 0 Å². The molecule has 0 spiro atoms. The van der Waals surface area contributed by atoms with Gasteiger partial charge in [-0.05, 0) is 61.2 Å². The van der Waals surface area contributed by atoms with Gasteiger partial charge in [0.2, 0.25) is 5.91 Å². The molecule has 1 aliphatic rings. The molecule has 7 heteroatoms. The molecule has 1 aliphatic heterocycles. The first-order chi connectivity index (χ1) is 13.3. The number of rotatable bonds is 5. The zero-order chi connectivity index (χ0) is 20.5. The number of anilines is 1. The molecule has 0 bridgehead atoms. The average Bonchev–Trinajstić information content (AvgIpc) is 2.90. The van der Waals surface area contributed by atoms with Crippen molar-refractivity contribution in [1.82, 2.24) is 10.2 Å². The molecule has 28 heavy (non-hydrogen) atoms. The van der Waals surface area contributed by atoms with Crippen LogP contribution in [0.15, 0.2) is 42.5 Å². The van der Waals surface area contributed by atoms with Crippen molar-refractivity contribution in [3.63, 3.8) is 0 Å². The second kappa shape index (κ2) is 7.42. The minimum atomic E-state index is -1.30. The van der Waals surface area contributed by atoms with Gasteiger partial charge in [0, 0.05) is 5.69 Å². The molecule has 1 saturated heterocycles. The summed E-state index contributed by atoms with van der Waals surface area (Å²) in [6, 6.07) is 10.2. The van der Waals surface area contributed by atoms with Gasteiger partial charge in [0.15, 0.2) is 0 Å². The van der Waals surface area contributed by atoms with E-state index in [9.17, 15) is 18.8 Å². The predicted molar refractivity (Wildman–Crippen MR) is 103 cm³/mol. The van der Waals surface area contributed by atoms with Crippen molar-refractivity contribution in [2.45, 2.75) is 32.7 Å². The molecule has 146 valence electrons. The summed E-state index contributed by atoms with van der Waals surface area (Å²) >= 11 is 0. The van der Waals surface area contributed by atoms with E-state index < -0.39 is 35.7 Å². The van der Waals surface area contributed by atoms with Gasteiger partial charge < -0.3 is 10.6 Å². The summed E-state index contributed by atoms with van der Waals surface area (Å²) < 4.78 is 13.2. The summed E-state index contributed by atoms with van der Waals surface area (Å²) in [5, 5.41) is 5.38. The Kier molecular flexibility index (Phi) is 5.18. The first kappa shape index (κ1) is 19.5. The molecular formula is C21H22FN3O3. The van der Waals surface area contributed by atoms with Crippen molar-refractivity contribution < 1.29 is 18.8 Å². The number of benzene rings is 2. The Balaban J connectivity index is 1.78. The van der Waals surface area contributed by atoms with Gasteiger partial charge in [0.1, 0.15) is 17.9 Å². The van der Waals surface area contributed by atoms with Crippen molar-refractivity contribution >= 4 is 23.5 Å². The van der Waals surface area contributed by atoms with Crippen molar-refractivity contribution in [3.05, 3.63) is 65.0 Å². The molecule has 2 aromatic carbocycles. The topological polar surface area (TPSA) is 78.5 Å². The summed E-state index contributed by atoms with van der Waals surface area (Å²) in [6.07, 6.45) is 0.276. The molecule has 0 aliphatic carbocycles. The lowest BCUT2D eigenvalue weighted by Crippen LogP contribution is -2.44. The van der Waals surface area contributed by atoms with Gasteiger partial charge in [-0.25, -0.2) is 9.18 Å². The highest BCUT2D eigenvalue weighted by molar-refractivity contribution is 6.10. The fraction of sp³-hybridized carbons (Fsp3) is 0.286. The maximum absolute atomic E-state index is 13.2. The van der Waals surface area contributed by atoms with Crippen LogP contribution < -0.4 is 10.6 Å². The molecular weight excluding hydrogens is 361 g/mol. The van der Waals surface area contributed by atoms with Crippen molar-refractivity contribution in [2.24, 2.45) is 0 Å². The lowest BCUT2D eigenvalue weighted by molar-refractivity contribution is -0.134. The summed E-state index contributed by atoms with van der Waals surface area (Å²) in [6.45, 7) is 5.25. The van der Waals surface area contributed by atoms with E-state index in [2.05, 4.69) is 10.6 Å². The molecule has 0 aromatic heterocycles. The van der Waals surface area contributed by atoms with E-state index in [1.54, 1.807) is 13.0 Å². The van der Waals surface area contributed by atoms with Gasteiger partial charge >= 0.3 is 6.03 Å². The number of hydrogen-bond donors (Lipinski definition) is 2. The maximum Gasteiger partial charge on any atom is 0.325 e. The lowest BCUT2D eigenvalue weighted by Gasteiger charge is -2.25. The normalized spacial score (nSPS) is 18.9. The van der Waals surface area contributed by atoms with E-state index in [1.165, 1.54) is 24.3 Å². The van der Waals surface area contributed by atoms with Gasteiger partial charge in [-0.3, -0.25) is 14.5 Å². The van der Waals surface area contributed by atoms with Crippen LogP contribution in [0.25, 0.3) is 0 Å². The first-order valence-corrected chi connectivity index (χ1v) is 9.04. The molecule has 3 rings (SSSR count). The Bertz CT molecular complexity index is 942. The van der Waals surface area contributed by atoms with Gasteiger partial charge in [-0.1, -0.05) is 25.1 Å². The van der Waals surface area contributed by atoms with Crippen LogP contribution in [0.1, 0.15) is 30.0 Å². The number of hydrogen-bond acceptors (Lipinski definition) is 3. The van der Waals surface area contributed by atoms with E-state index in [0.717, 1.165) is 16.0 Å². The molecule has 2 N–H and O–H groups in total. The molecule has 1 fully saturated rings. The number of carbonyl (C=O) groups excluding carboxylic acids is 3. The van der Waals surface area contributed by atoms with Gasteiger partial charge in [0.25, 0.3) is 5.91 Å². The van der Waals surface area contributed by atoms with Crippen LogP contribution >= 0.6 is 0 Å². The highest BCUT2D eigenvalue weighted by Gasteiger charge is 2.51. The minimum Gasteiger partial charge on any atom is -0.325 e. The van der Waals surface area contributed by atoms with Crippen LogP contribution in [0.4, 0.5) is 14.9 Å². The summed E-state index contributed by atoms with van der Waals surface area (Å²) in [7, 11) is 0. The third-order valence-electron chi connectivity index (χ3n) is 5.14. The van der Waals surface area contributed by atoms with E-state index >= 15 is 0 Å². The number of carbonyl (C=O) groups is 3. The van der Waals surface area contributed by atoms with Crippen LogP contribution in [-0.4, -0.2) is 29.3 Å². The van der Waals surface area contributed by atoms with Crippen molar-refractivity contribution in [2.75, 3.05) is 11.9 Å². The van der Waals surface area contributed by atoms with E-state index in [0.29, 0.717) is 11.3 Å². The average molecular weight is 383 g/mol. The number of aryl methyl sites for hydroxylation is 2. The molecule has 0 radical (unpaired) electrons. The SMILES string of the molecule is CC[C@]1(c2ccc(F)cc2)NC(=O)N(CC(=O)Nc2ccc(C)c(C)c2)C1=O. The smallest absolute Gasteiger partial charge is 0.325 e. The zero-order valence-corrected chi connectivity index (χ0v) is 16.0. The highest BCUT2D eigenvalue weighted by atomic mass is 19.1. The van der Waals surface area contributed by atoms with Crippen molar-refractivity contribution in [1.29, 1.82) is 0 Å². The van der Waals surface area contributed by atoms with Gasteiger partial charge in [0.05, 0.1) is 0 Å². The first-order valence-electron chi connectivity index (χ1n) is 9.04. The Morgan fingerprint density at radius 1 is 1.11 bits per heavy atom. The largest absolute Gasteiger partial charge is 0.325 e. The summed E-state index contributed by atoms with van der Waals surface area (Å²) in [5.74, 6) is -1.43. The molecule has 1 atom stereocenters. The second-order valence-electron chi connectivity index (χ2n) is 6.93. The molecule has 1 heterocycles. The summed E-state index contributed by atoms with van der Waals surface area (Å²) in [4.78, 5) is 38.7. The molecule has 6 nitrogen and oxygen atoms in total. The highest BCUT2D eigenvalue weighted by Crippen LogP contribution is 2.32.